The van der Waals surface area contributed by atoms with Gasteiger partial charge in [0.05, 0.1) is 26.4 Å². The normalized spacial score (nSPS) is 16.6. The lowest BCUT2D eigenvalue weighted by Crippen LogP contribution is -2.60. The third-order valence-electron chi connectivity index (χ3n) is 7.79. The molecular formula is C31H51N5O7. The molecule has 12 heteroatoms. The molecule has 1 aromatic carbocycles. The van der Waals surface area contributed by atoms with Crippen molar-refractivity contribution >= 4 is 24.0 Å². The third kappa shape index (κ3) is 12.4. The number of nitrogens with one attached hydrogen (secondary N) is 4. The maximum Gasteiger partial charge on any atom is 0.407 e. The van der Waals surface area contributed by atoms with Crippen LogP contribution in [-0.4, -0.2) is 85.7 Å². The molecule has 12 nitrogen and oxygen atoms in total. The molecule has 0 saturated heterocycles. The molecular weight excluding hydrogens is 554 g/mol. The largest absolute Gasteiger partial charge is 0.453 e. The summed E-state index contributed by atoms with van der Waals surface area (Å²) < 4.78 is 9.40. The van der Waals surface area contributed by atoms with Crippen molar-refractivity contribution in [1.82, 2.24) is 26.4 Å². The van der Waals surface area contributed by atoms with Crippen LogP contribution in [0.15, 0.2) is 30.3 Å². The molecule has 1 aliphatic carbocycles. The predicted molar refractivity (Wildman–Crippen MR) is 163 cm³/mol. The Bertz CT molecular complexity index is 1020. The summed E-state index contributed by atoms with van der Waals surface area (Å²) in [5, 5.41) is 21.4. The van der Waals surface area contributed by atoms with E-state index in [1.807, 2.05) is 44.2 Å². The number of hydrogen-bond donors (Lipinski definition) is 5. The Hall–Kier alpha value is -3.38. The van der Waals surface area contributed by atoms with Crippen molar-refractivity contribution in [2.75, 3.05) is 27.3 Å². The molecule has 0 radical (unpaired) electrons. The van der Waals surface area contributed by atoms with E-state index in [1.165, 1.54) is 20.6 Å². The van der Waals surface area contributed by atoms with Gasteiger partial charge in [0.1, 0.15) is 12.1 Å². The van der Waals surface area contributed by atoms with E-state index in [2.05, 4.69) is 21.4 Å². The number of aliphatic hydroxyl groups excluding tert-OH is 1. The number of carbonyl (C=O) groups is 4. The minimum atomic E-state index is -1.09. The summed E-state index contributed by atoms with van der Waals surface area (Å²) in [6.45, 7) is 7.78. The number of rotatable bonds is 15. The summed E-state index contributed by atoms with van der Waals surface area (Å²) in [7, 11) is 2.47. The molecule has 0 bridgehead atoms. The molecule has 1 aromatic rings. The highest BCUT2D eigenvalue weighted by Crippen LogP contribution is 2.24. The van der Waals surface area contributed by atoms with Crippen LogP contribution in [0, 0.1) is 17.8 Å². The molecule has 4 amide bonds. The number of hydrogen-bond acceptors (Lipinski definition) is 8. The molecule has 242 valence electrons. The van der Waals surface area contributed by atoms with Crippen LogP contribution in [0.1, 0.15) is 65.4 Å². The number of alkyl carbamates (subject to hydrolysis) is 2. The van der Waals surface area contributed by atoms with E-state index in [9.17, 15) is 24.3 Å². The third-order valence-corrected chi connectivity index (χ3v) is 7.79. The van der Waals surface area contributed by atoms with Gasteiger partial charge in [-0.1, -0.05) is 77.3 Å². The van der Waals surface area contributed by atoms with Crippen LogP contribution in [0.25, 0.3) is 0 Å². The highest BCUT2D eigenvalue weighted by Gasteiger charge is 2.32. The second kappa shape index (κ2) is 18.3. The number of ether oxygens (including phenoxy) is 2. The summed E-state index contributed by atoms with van der Waals surface area (Å²) in [4.78, 5) is 50.6. The first-order valence-electron chi connectivity index (χ1n) is 15.2. The quantitative estimate of drug-likeness (QED) is 0.191. The van der Waals surface area contributed by atoms with E-state index in [-0.39, 0.29) is 18.4 Å². The van der Waals surface area contributed by atoms with Gasteiger partial charge in [-0.3, -0.25) is 15.0 Å². The van der Waals surface area contributed by atoms with Crippen molar-refractivity contribution in [2.24, 2.45) is 17.8 Å². The summed E-state index contributed by atoms with van der Waals surface area (Å²) in [5.41, 5.74) is 3.83. The summed E-state index contributed by atoms with van der Waals surface area (Å²) in [6, 6.07) is 6.99. The Morgan fingerprint density at radius 1 is 0.837 bits per heavy atom. The van der Waals surface area contributed by atoms with Crippen LogP contribution in [0.2, 0.25) is 0 Å². The summed E-state index contributed by atoms with van der Waals surface area (Å²) in [5.74, 6) is -1.02. The maximum absolute atomic E-state index is 13.4. The van der Waals surface area contributed by atoms with Crippen LogP contribution in [0.5, 0.6) is 0 Å². The van der Waals surface area contributed by atoms with Crippen molar-refractivity contribution < 1.29 is 33.8 Å². The van der Waals surface area contributed by atoms with Gasteiger partial charge < -0.3 is 30.5 Å². The number of methoxy groups -OCH3 is 2. The van der Waals surface area contributed by atoms with Crippen LogP contribution >= 0.6 is 0 Å². The maximum atomic E-state index is 13.4. The van der Waals surface area contributed by atoms with E-state index < -0.39 is 48.2 Å². The molecule has 43 heavy (non-hydrogen) atoms. The first-order valence-corrected chi connectivity index (χ1v) is 15.2. The average Bonchev–Trinajstić information content (AvgIpc) is 2.98. The molecule has 0 aliphatic heterocycles. The van der Waals surface area contributed by atoms with Gasteiger partial charge >= 0.3 is 12.2 Å². The lowest BCUT2D eigenvalue weighted by Gasteiger charge is -2.35. The Kier molecular flexibility index (Phi) is 15.3. The van der Waals surface area contributed by atoms with Gasteiger partial charge in [0.25, 0.3) is 5.91 Å². The first-order chi connectivity index (χ1) is 20.4. The molecule has 1 aliphatic rings. The second-order valence-electron chi connectivity index (χ2n) is 12.0. The topological polar surface area (TPSA) is 158 Å². The molecule has 2 rings (SSSR count). The minimum absolute atomic E-state index is 0.0276. The van der Waals surface area contributed by atoms with Crippen molar-refractivity contribution in [1.29, 1.82) is 0 Å². The van der Waals surface area contributed by atoms with Crippen molar-refractivity contribution in [3.63, 3.8) is 0 Å². The Morgan fingerprint density at radius 2 is 1.37 bits per heavy atom. The SMILES string of the molecule is COC(=O)N[C@H](C(=O)N[C@@H](Cc1ccccc1)[C@@H](O)CN(CC1CCCCC1)NC(=O)[C@@H](NC(=O)OC)C(C)C)C(C)C. The van der Waals surface area contributed by atoms with Crippen LogP contribution < -0.4 is 21.4 Å². The number of nitrogens with zero attached hydrogens (tertiary/aromatic N) is 1. The molecule has 0 spiro atoms. The highest BCUT2D eigenvalue weighted by atomic mass is 16.5. The second-order valence-corrected chi connectivity index (χ2v) is 12.0. The zero-order chi connectivity index (χ0) is 31.9. The number of amides is 4. The highest BCUT2D eigenvalue weighted by molar-refractivity contribution is 5.86. The number of carbonyl (C=O) groups excluding carboxylic acids is 4. The molecule has 4 atom stereocenters. The molecule has 1 saturated carbocycles. The molecule has 5 N–H and O–H groups in total. The van der Waals surface area contributed by atoms with Crippen molar-refractivity contribution in [2.45, 2.75) is 90.4 Å². The zero-order valence-corrected chi connectivity index (χ0v) is 26.4. The Morgan fingerprint density at radius 3 is 1.88 bits per heavy atom. The fourth-order valence-corrected chi connectivity index (χ4v) is 5.29. The number of aliphatic hydroxyl groups is 1. The molecule has 0 heterocycles. The predicted octanol–water partition coefficient (Wildman–Crippen LogP) is 2.75. The lowest BCUT2D eigenvalue weighted by molar-refractivity contribution is -0.131. The van der Waals surface area contributed by atoms with Gasteiger partial charge in [-0.05, 0) is 42.6 Å². The van der Waals surface area contributed by atoms with Gasteiger partial charge in [-0.15, -0.1) is 0 Å². The van der Waals surface area contributed by atoms with Crippen LogP contribution in [0.3, 0.4) is 0 Å². The van der Waals surface area contributed by atoms with E-state index in [0.29, 0.717) is 18.9 Å². The van der Waals surface area contributed by atoms with Crippen LogP contribution in [0.4, 0.5) is 9.59 Å². The number of hydrazine groups is 1. The smallest absolute Gasteiger partial charge is 0.407 e. The van der Waals surface area contributed by atoms with Gasteiger partial charge in [0, 0.05) is 13.1 Å². The van der Waals surface area contributed by atoms with Crippen molar-refractivity contribution in [3.05, 3.63) is 35.9 Å². The lowest BCUT2D eigenvalue weighted by atomic mass is 9.89. The van der Waals surface area contributed by atoms with E-state index in [0.717, 1.165) is 31.2 Å². The van der Waals surface area contributed by atoms with Gasteiger partial charge in [-0.2, -0.15) is 0 Å². The fourth-order valence-electron chi connectivity index (χ4n) is 5.29. The van der Waals surface area contributed by atoms with E-state index >= 15 is 0 Å². The van der Waals surface area contributed by atoms with Crippen LogP contribution in [-0.2, 0) is 25.5 Å². The van der Waals surface area contributed by atoms with Gasteiger partial charge in [-0.25, -0.2) is 14.6 Å². The fraction of sp³-hybridized carbons (Fsp3) is 0.677. The minimum Gasteiger partial charge on any atom is -0.453 e. The summed E-state index contributed by atoms with van der Waals surface area (Å²) in [6.07, 6.45) is 3.19. The van der Waals surface area contributed by atoms with Gasteiger partial charge in [0.2, 0.25) is 5.91 Å². The monoisotopic (exact) mass is 605 g/mol. The van der Waals surface area contributed by atoms with E-state index in [4.69, 9.17) is 9.47 Å². The molecule has 0 aromatic heterocycles. The Labute approximate surface area is 255 Å². The summed E-state index contributed by atoms with van der Waals surface area (Å²) >= 11 is 0. The van der Waals surface area contributed by atoms with Crippen molar-refractivity contribution in [3.8, 4) is 0 Å². The first kappa shape index (κ1) is 35.8. The Balaban J connectivity index is 2.30. The standard InChI is InChI=1S/C31H51N5O7/c1-20(2)26(33-30(40)42-5)28(38)32-24(17-22-13-9-7-10-14-22)25(37)19-36(18-23-15-11-8-12-16-23)35-29(39)27(21(3)4)34-31(41)43-6/h7,9-10,13-14,20-21,23-27,37H,8,11-12,15-19H2,1-6H3,(H,32,38)(H,33,40)(H,34,41)(H,35,39)/t24-,25-,26-,27-/m0/s1. The average molecular weight is 606 g/mol. The van der Waals surface area contributed by atoms with E-state index in [1.54, 1.807) is 18.9 Å². The molecule has 1 fully saturated rings. The number of benzene rings is 1. The zero-order valence-electron chi connectivity index (χ0n) is 26.4. The molecule has 0 unspecified atom stereocenters. The van der Waals surface area contributed by atoms with Gasteiger partial charge in [0.15, 0.2) is 0 Å².